The zero-order chi connectivity index (χ0) is 17.4. The smallest absolute Gasteiger partial charge is 0.0646 e. The summed E-state index contributed by atoms with van der Waals surface area (Å²) in [5.41, 5.74) is 3.76. The Morgan fingerprint density at radius 1 is 0.920 bits per heavy atom. The molecule has 0 saturated heterocycles. The highest BCUT2D eigenvalue weighted by molar-refractivity contribution is 7.13. The van der Waals surface area contributed by atoms with E-state index >= 15 is 0 Å². The number of rotatable bonds is 4. The Hall–Kier alpha value is -2.26. The van der Waals surface area contributed by atoms with Gasteiger partial charge in [0.05, 0.1) is 16.1 Å². The van der Waals surface area contributed by atoms with E-state index in [1.165, 1.54) is 37.8 Å². The maximum absolute atomic E-state index is 4.68. The van der Waals surface area contributed by atoms with Gasteiger partial charge in [0.25, 0.3) is 0 Å². The minimum atomic E-state index is 0.376. The third kappa shape index (κ3) is 3.05. The lowest BCUT2D eigenvalue weighted by Gasteiger charge is -2.14. The molecule has 0 fully saturated rings. The number of nitrogens with zero attached hydrogens (tertiary/aromatic N) is 2. The molecule has 2 aromatic carbocycles. The van der Waals surface area contributed by atoms with Crippen LogP contribution in [-0.4, -0.2) is 9.36 Å². The average molecular weight is 346 g/mol. The highest BCUT2D eigenvalue weighted by Gasteiger charge is 2.14. The minimum Gasteiger partial charge on any atom is -0.260 e. The molecular formula is C22H22N2S. The van der Waals surface area contributed by atoms with Crippen molar-refractivity contribution in [3.63, 3.8) is 0 Å². The molecular weight excluding hydrogens is 324 g/mol. The summed E-state index contributed by atoms with van der Waals surface area (Å²) >= 11 is 1.62. The molecule has 3 heteroatoms. The summed E-state index contributed by atoms with van der Waals surface area (Å²) in [5, 5.41) is 3.83. The zero-order valence-electron chi connectivity index (χ0n) is 14.9. The number of fused-ring (bicyclic) bond motifs is 2. The normalized spacial score (nSPS) is 13.0. The second-order valence-corrected chi connectivity index (χ2v) is 7.88. The molecule has 4 aromatic rings. The van der Waals surface area contributed by atoms with Gasteiger partial charge < -0.3 is 0 Å². The van der Waals surface area contributed by atoms with Crippen LogP contribution in [0.15, 0.2) is 54.7 Å². The van der Waals surface area contributed by atoms with Crippen LogP contribution in [0, 0.1) is 0 Å². The minimum absolute atomic E-state index is 0.376. The van der Waals surface area contributed by atoms with Crippen LogP contribution in [0.2, 0.25) is 0 Å². The monoisotopic (exact) mass is 346 g/mol. The van der Waals surface area contributed by atoms with E-state index in [4.69, 9.17) is 0 Å². The molecule has 2 aromatic heterocycles. The van der Waals surface area contributed by atoms with Crippen molar-refractivity contribution >= 4 is 32.4 Å². The number of benzene rings is 2. The van der Waals surface area contributed by atoms with Gasteiger partial charge in [-0.15, -0.1) is 0 Å². The van der Waals surface area contributed by atoms with Gasteiger partial charge in [-0.2, -0.15) is 4.37 Å². The van der Waals surface area contributed by atoms with E-state index in [1.54, 1.807) is 11.5 Å². The van der Waals surface area contributed by atoms with Gasteiger partial charge in [0, 0.05) is 22.9 Å². The van der Waals surface area contributed by atoms with Gasteiger partial charge in [-0.25, -0.2) is 0 Å². The summed E-state index contributed by atoms with van der Waals surface area (Å²) in [5.74, 6) is 0.847. The van der Waals surface area contributed by atoms with E-state index in [0.29, 0.717) is 11.8 Å². The fraction of sp³-hybridized carbons (Fsp3) is 0.273. The van der Waals surface area contributed by atoms with E-state index in [0.717, 1.165) is 6.42 Å². The summed E-state index contributed by atoms with van der Waals surface area (Å²) in [4.78, 5) is 4.68. The van der Waals surface area contributed by atoms with Crippen molar-refractivity contribution in [2.24, 2.45) is 0 Å². The fourth-order valence-electron chi connectivity index (χ4n) is 3.53. The van der Waals surface area contributed by atoms with Crippen LogP contribution in [-0.2, 0) is 6.42 Å². The van der Waals surface area contributed by atoms with Crippen molar-refractivity contribution in [2.45, 2.75) is 39.0 Å². The van der Waals surface area contributed by atoms with Crippen LogP contribution in [0.4, 0.5) is 0 Å². The molecule has 126 valence electrons. The predicted molar refractivity (Wildman–Crippen MR) is 108 cm³/mol. The van der Waals surface area contributed by atoms with Crippen LogP contribution >= 0.6 is 11.5 Å². The van der Waals surface area contributed by atoms with Gasteiger partial charge in [-0.05, 0) is 47.0 Å². The molecule has 1 unspecified atom stereocenters. The Labute approximate surface area is 152 Å². The van der Waals surface area contributed by atoms with E-state index in [9.17, 15) is 0 Å². The Balaban J connectivity index is 1.66. The van der Waals surface area contributed by atoms with Gasteiger partial charge in [-0.1, -0.05) is 57.2 Å². The van der Waals surface area contributed by atoms with Gasteiger partial charge in [0.1, 0.15) is 0 Å². The molecule has 25 heavy (non-hydrogen) atoms. The molecule has 0 spiro atoms. The largest absolute Gasteiger partial charge is 0.260 e. The molecule has 1 atom stereocenters. The summed E-state index contributed by atoms with van der Waals surface area (Å²) in [6, 6.07) is 17.4. The molecule has 0 amide bonds. The molecule has 0 N–H and O–H groups in total. The Kier molecular flexibility index (Phi) is 4.26. The molecule has 0 radical (unpaired) electrons. The maximum atomic E-state index is 4.68. The molecule has 0 bridgehead atoms. The lowest BCUT2D eigenvalue weighted by atomic mass is 9.93. The highest BCUT2D eigenvalue weighted by Crippen LogP contribution is 2.31. The van der Waals surface area contributed by atoms with Crippen molar-refractivity contribution in [1.29, 1.82) is 0 Å². The van der Waals surface area contributed by atoms with Gasteiger partial charge in [-0.3, -0.25) is 4.98 Å². The first kappa shape index (κ1) is 16.2. The highest BCUT2D eigenvalue weighted by atomic mass is 32.1. The van der Waals surface area contributed by atoms with Gasteiger partial charge in [0.2, 0.25) is 0 Å². The molecule has 0 aliphatic heterocycles. The number of aromatic nitrogens is 2. The number of pyridine rings is 1. The average Bonchev–Trinajstić information content (AvgIpc) is 3.04. The van der Waals surface area contributed by atoms with Crippen molar-refractivity contribution < 1.29 is 0 Å². The first-order chi connectivity index (χ1) is 12.1. The summed E-state index contributed by atoms with van der Waals surface area (Å²) in [6.07, 6.45) is 2.92. The van der Waals surface area contributed by atoms with Crippen LogP contribution in [0.5, 0.6) is 0 Å². The van der Waals surface area contributed by atoms with Gasteiger partial charge >= 0.3 is 0 Å². The SMILES string of the molecule is CC(C)c1nsc2cc(CC(C)c3nccc4ccccc34)ccc12. The van der Waals surface area contributed by atoms with Crippen LogP contribution in [0.1, 0.15) is 49.6 Å². The van der Waals surface area contributed by atoms with Crippen LogP contribution in [0.25, 0.3) is 20.9 Å². The second-order valence-electron chi connectivity index (χ2n) is 7.08. The Morgan fingerprint density at radius 2 is 1.76 bits per heavy atom. The molecule has 0 aliphatic carbocycles. The van der Waals surface area contributed by atoms with E-state index < -0.39 is 0 Å². The number of hydrogen-bond acceptors (Lipinski definition) is 3. The maximum Gasteiger partial charge on any atom is 0.0646 e. The molecule has 4 rings (SSSR count). The first-order valence-corrected chi connectivity index (χ1v) is 9.62. The quantitative estimate of drug-likeness (QED) is 0.432. The molecule has 2 nitrogen and oxygen atoms in total. The Bertz CT molecular complexity index is 1030. The molecule has 0 aliphatic rings. The predicted octanol–water partition coefficient (Wildman–Crippen LogP) is 6.31. The zero-order valence-corrected chi connectivity index (χ0v) is 15.7. The summed E-state index contributed by atoms with van der Waals surface area (Å²) in [7, 11) is 0. The second kappa shape index (κ2) is 6.57. The van der Waals surface area contributed by atoms with Gasteiger partial charge in [0.15, 0.2) is 0 Å². The van der Waals surface area contributed by atoms with Crippen LogP contribution in [0.3, 0.4) is 0 Å². The molecule has 0 saturated carbocycles. The summed E-state index contributed by atoms with van der Waals surface area (Å²) < 4.78 is 5.93. The third-order valence-electron chi connectivity index (χ3n) is 4.82. The van der Waals surface area contributed by atoms with Crippen molar-refractivity contribution in [3.05, 3.63) is 71.7 Å². The Morgan fingerprint density at radius 3 is 2.60 bits per heavy atom. The topological polar surface area (TPSA) is 25.8 Å². The van der Waals surface area contributed by atoms with Crippen molar-refractivity contribution in [2.75, 3.05) is 0 Å². The number of hydrogen-bond donors (Lipinski definition) is 0. The van der Waals surface area contributed by atoms with E-state index in [1.807, 2.05) is 6.20 Å². The van der Waals surface area contributed by atoms with Crippen molar-refractivity contribution in [1.82, 2.24) is 9.36 Å². The fourth-order valence-corrected chi connectivity index (χ4v) is 4.51. The molecule has 2 heterocycles. The third-order valence-corrected chi connectivity index (χ3v) is 5.65. The lowest BCUT2D eigenvalue weighted by Crippen LogP contribution is -2.02. The standard InChI is InChI=1S/C22H22N2S/c1-14(2)21-19-9-8-16(13-20(19)25-24-21)12-15(3)22-18-7-5-4-6-17(18)10-11-23-22/h4-11,13-15H,12H2,1-3H3. The van der Waals surface area contributed by atoms with Crippen LogP contribution < -0.4 is 0 Å². The van der Waals surface area contributed by atoms with Crippen molar-refractivity contribution in [3.8, 4) is 0 Å². The van der Waals surface area contributed by atoms with E-state index in [2.05, 4.69) is 78.7 Å². The summed E-state index contributed by atoms with van der Waals surface area (Å²) in [6.45, 7) is 6.68. The lowest BCUT2D eigenvalue weighted by molar-refractivity contribution is 0.740. The van der Waals surface area contributed by atoms with E-state index in [-0.39, 0.29) is 0 Å². The first-order valence-electron chi connectivity index (χ1n) is 8.85.